The van der Waals surface area contributed by atoms with Crippen LogP contribution < -0.4 is 4.74 Å². The number of hydrogen-bond acceptors (Lipinski definition) is 2. The largest absolute Gasteiger partial charge is 0.498 e. The fraction of sp³-hybridized carbons (Fsp3) is 0.429. The van der Waals surface area contributed by atoms with Crippen molar-refractivity contribution in [3.63, 3.8) is 0 Å². The Morgan fingerprint density at radius 3 is 2.88 bits per heavy atom. The molecular weight excluding hydrogens is 219 g/mol. The summed E-state index contributed by atoms with van der Waals surface area (Å²) in [6.45, 7) is 4.44. The molecule has 0 saturated heterocycles. The van der Waals surface area contributed by atoms with E-state index >= 15 is 0 Å². The Morgan fingerprint density at radius 2 is 2.29 bits per heavy atom. The highest BCUT2D eigenvalue weighted by Crippen LogP contribution is 2.29. The maximum atomic E-state index is 13.9. The monoisotopic (exact) mass is 236 g/mol. The van der Waals surface area contributed by atoms with Crippen LogP contribution in [0.25, 0.3) is 5.57 Å². The maximum absolute atomic E-state index is 13.9. The number of halogens is 1. The topological polar surface area (TPSA) is 18.5 Å². The van der Waals surface area contributed by atoms with Gasteiger partial charge in [0.15, 0.2) is 0 Å². The molecule has 0 saturated carbocycles. The highest BCUT2D eigenvalue weighted by molar-refractivity contribution is 5.66. The molecule has 0 spiro atoms. The van der Waals surface area contributed by atoms with Gasteiger partial charge in [-0.25, -0.2) is 4.39 Å². The van der Waals surface area contributed by atoms with Crippen LogP contribution in [0.3, 0.4) is 0 Å². The Bertz CT molecular complexity index is 426. The number of allylic oxidation sites excluding steroid dienone is 1. The second-order valence-electron chi connectivity index (χ2n) is 4.20. The Hall–Kier alpha value is -1.51. The van der Waals surface area contributed by atoms with Crippen molar-refractivity contribution in [1.29, 1.82) is 0 Å². The molecule has 0 radical (unpaired) electrons. The van der Waals surface area contributed by atoms with Crippen molar-refractivity contribution in [2.45, 2.75) is 32.8 Å². The van der Waals surface area contributed by atoms with E-state index in [1.807, 2.05) is 13.8 Å². The predicted molar refractivity (Wildman–Crippen MR) is 65.3 cm³/mol. The normalized spacial score (nSPS) is 19.5. The van der Waals surface area contributed by atoms with Crippen LogP contribution in [0.15, 0.2) is 24.5 Å². The summed E-state index contributed by atoms with van der Waals surface area (Å²) < 4.78 is 24.6. The average Bonchev–Trinajstić information content (AvgIpc) is 2.31. The summed E-state index contributed by atoms with van der Waals surface area (Å²) >= 11 is 0. The highest BCUT2D eigenvalue weighted by atomic mass is 19.1. The minimum atomic E-state index is -0.250. The summed E-state index contributed by atoms with van der Waals surface area (Å²) in [5.74, 6) is 0.319. The zero-order valence-electron chi connectivity index (χ0n) is 10.2. The molecule has 3 heteroatoms. The van der Waals surface area contributed by atoms with E-state index in [0.29, 0.717) is 17.9 Å². The van der Waals surface area contributed by atoms with Crippen molar-refractivity contribution < 1.29 is 13.9 Å². The first-order chi connectivity index (χ1) is 8.20. The summed E-state index contributed by atoms with van der Waals surface area (Å²) in [6, 6.07) is 4.98. The standard InChI is InChI=1S/C14H17FO2/c1-3-16-12-6-7-13(14(15)8-12)11-5-4-10(2)17-9-11/h6-10H,3-5H2,1-2H3. The van der Waals surface area contributed by atoms with Gasteiger partial charge in [-0.15, -0.1) is 0 Å². The lowest BCUT2D eigenvalue weighted by atomic mass is 9.98. The molecule has 0 aromatic heterocycles. The summed E-state index contributed by atoms with van der Waals surface area (Å²) in [6.07, 6.45) is 3.68. The number of ether oxygens (including phenoxy) is 2. The fourth-order valence-corrected chi connectivity index (χ4v) is 1.89. The molecule has 17 heavy (non-hydrogen) atoms. The first kappa shape index (κ1) is 12.0. The predicted octanol–water partition coefficient (Wildman–Crippen LogP) is 3.76. The van der Waals surface area contributed by atoms with Crippen LogP contribution in [0.1, 0.15) is 32.3 Å². The second-order valence-corrected chi connectivity index (χ2v) is 4.20. The number of rotatable bonds is 3. The number of benzene rings is 1. The molecule has 1 unspecified atom stereocenters. The zero-order chi connectivity index (χ0) is 12.3. The molecule has 0 N–H and O–H groups in total. The van der Waals surface area contributed by atoms with Gasteiger partial charge in [0, 0.05) is 11.6 Å². The van der Waals surface area contributed by atoms with Crippen molar-refractivity contribution in [1.82, 2.24) is 0 Å². The Morgan fingerprint density at radius 1 is 1.47 bits per heavy atom. The van der Waals surface area contributed by atoms with Crippen molar-refractivity contribution in [3.05, 3.63) is 35.8 Å². The van der Waals surface area contributed by atoms with Crippen molar-refractivity contribution in [2.24, 2.45) is 0 Å². The third-order valence-electron chi connectivity index (χ3n) is 2.86. The van der Waals surface area contributed by atoms with Gasteiger partial charge in [-0.05, 0) is 44.4 Å². The van der Waals surface area contributed by atoms with Crippen molar-refractivity contribution in [2.75, 3.05) is 6.61 Å². The number of hydrogen-bond donors (Lipinski definition) is 0. The smallest absolute Gasteiger partial charge is 0.134 e. The average molecular weight is 236 g/mol. The van der Waals surface area contributed by atoms with E-state index in [9.17, 15) is 4.39 Å². The van der Waals surface area contributed by atoms with E-state index < -0.39 is 0 Å². The van der Waals surface area contributed by atoms with Crippen LogP contribution in [0.2, 0.25) is 0 Å². The van der Waals surface area contributed by atoms with Gasteiger partial charge in [0.1, 0.15) is 11.6 Å². The van der Waals surface area contributed by atoms with Crippen LogP contribution in [-0.2, 0) is 4.74 Å². The van der Waals surface area contributed by atoms with Crippen molar-refractivity contribution >= 4 is 5.57 Å². The van der Waals surface area contributed by atoms with Gasteiger partial charge < -0.3 is 9.47 Å². The lowest BCUT2D eigenvalue weighted by Gasteiger charge is -2.20. The summed E-state index contributed by atoms with van der Waals surface area (Å²) in [4.78, 5) is 0. The van der Waals surface area contributed by atoms with E-state index in [1.165, 1.54) is 6.07 Å². The lowest BCUT2D eigenvalue weighted by Crippen LogP contribution is -2.10. The molecule has 1 atom stereocenters. The first-order valence-corrected chi connectivity index (χ1v) is 5.98. The zero-order valence-corrected chi connectivity index (χ0v) is 10.2. The molecule has 1 aliphatic heterocycles. The molecule has 0 amide bonds. The van der Waals surface area contributed by atoms with Gasteiger partial charge in [-0.2, -0.15) is 0 Å². The molecule has 1 aliphatic rings. The lowest BCUT2D eigenvalue weighted by molar-refractivity contribution is 0.144. The maximum Gasteiger partial charge on any atom is 0.134 e. The van der Waals surface area contributed by atoms with E-state index in [4.69, 9.17) is 9.47 Å². The van der Waals surface area contributed by atoms with E-state index in [0.717, 1.165) is 18.4 Å². The molecular formula is C14H17FO2. The third kappa shape index (κ3) is 2.78. The molecule has 2 rings (SSSR count). The molecule has 2 nitrogen and oxygen atoms in total. The molecule has 1 aromatic rings. The van der Waals surface area contributed by atoms with Gasteiger partial charge in [-0.1, -0.05) is 0 Å². The summed E-state index contributed by atoms with van der Waals surface area (Å²) in [5.41, 5.74) is 1.53. The molecule has 0 bridgehead atoms. The van der Waals surface area contributed by atoms with Crippen molar-refractivity contribution in [3.8, 4) is 5.75 Å². The fourth-order valence-electron chi connectivity index (χ4n) is 1.89. The van der Waals surface area contributed by atoms with Crippen LogP contribution in [0.5, 0.6) is 5.75 Å². The summed E-state index contributed by atoms with van der Waals surface area (Å²) in [5, 5.41) is 0. The third-order valence-corrected chi connectivity index (χ3v) is 2.86. The van der Waals surface area contributed by atoms with Gasteiger partial charge in [0.2, 0.25) is 0 Å². The minimum absolute atomic E-state index is 0.226. The molecule has 0 aliphatic carbocycles. The Labute approximate surface area is 101 Å². The molecule has 92 valence electrons. The molecule has 1 aromatic carbocycles. The Balaban J connectivity index is 2.21. The SMILES string of the molecule is CCOc1ccc(C2=COC(C)CC2)c(F)c1. The van der Waals surface area contributed by atoms with E-state index in [2.05, 4.69) is 0 Å². The van der Waals surface area contributed by atoms with E-state index in [1.54, 1.807) is 18.4 Å². The van der Waals surface area contributed by atoms with E-state index in [-0.39, 0.29) is 11.9 Å². The minimum Gasteiger partial charge on any atom is -0.498 e. The van der Waals surface area contributed by atoms with Gasteiger partial charge in [-0.3, -0.25) is 0 Å². The molecule has 0 fully saturated rings. The van der Waals surface area contributed by atoms with Crippen LogP contribution >= 0.6 is 0 Å². The van der Waals surface area contributed by atoms with Gasteiger partial charge >= 0.3 is 0 Å². The van der Waals surface area contributed by atoms with Crippen LogP contribution in [0.4, 0.5) is 4.39 Å². The highest BCUT2D eigenvalue weighted by Gasteiger charge is 2.15. The Kier molecular flexibility index (Phi) is 3.67. The molecule has 1 heterocycles. The van der Waals surface area contributed by atoms with Crippen LogP contribution in [0, 0.1) is 5.82 Å². The first-order valence-electron chi connectivity index (χ1n) is 5.98. The van der Waals surface area contributed by atoms with Gasteiger partial charge in [0.25, 0.3) is 0 Å². The van der Waals surface area contributed by atoms with Crippen LogP contribution in [-0.4, -0.2) is 12.7 Å². The second kappa shape index (κ2) is 5.21. The summed E-state index contributed by atoms with van der Waals surface area (Å²) in [7, 11) is 0. The van der Waals surface area contributed by atoms with Gasteiger partial charge in [0.05, 0.1) is 19.0 Å². The quantitative estimate of drug-likeness (QED) is 0.795.